The van der Waals surface area contributed by atoms with E-state index in [-0.39, 0.29) is 5.69 Å². The van der Waals surface area contributed by atoms with Crippen LogP contribution in [0.15, 0.2) is 12.1 Å². The third kappa shape index (κ3) is 3.84. The number of nitrogen functional groups attached to an aromatic ring is 1. The fraction of sp³-hybridized carbons (Fsp3) is 0.571. The smallest absolute Gasteiger partial charge is 0.354 e. The molecule has 0 atom stereocenters. The van der Waals surface area contributed by atoms with Gasteiger partial charge in [-0.3, -0.25) is 0 Å². The van der Waals surface area contributed by atoms with E-state index >= 15 is 0 Å². The van der Waals surface area contributed by atoms with Crippen LogP contribution in [0.5, 0.6) is 0 Å². The molecule has 1 aliphatic rings. The second-order valence-corrected chi connectivity index (χ2v) is 5.16. The van der Waals surface area contributed by atoms with Crippen molar-refractivity contribution in [2.24, 2.45) is 5.92 Å². The molecule has 4 N–H and O–H groups in total. The number of carboxylic acid groups (broad SMARTS) is 1. The molecule has 19 heavy (non-hydrogen) atoms. The summed E-state index contributed by atoms with van der Waals surface area (Å²) in [6.07, 6.45) is 7.73. The first-order valence-electron chi connectivity index (χ1n) is 6.90. The van der Waals surface area contributed by atoms with Gasteiger partial charge in [-0.05, 0) is 24.5 Å². The molecule has 0 aromatic carbocycles. The summed E-state index contributed by atoms with van der Waals surface area (Å²) in [5.74, 6) is 0.233. The number of aromatic carboxylic acids is 1. The van der Waals surface area contributed by atoms with E-state index in [9.17, 15) is 4.79 Å². The Bertz CT molecular complexity index is 442. The summed E-state index contributed by atoms with van der Waals surface area (Å²) >= 11 is 0. The highest BCUT2D eigenvalue weighted by molar-refractivity contribution is 5.86. The SMILES string of the molecule is Nc1ccc(C(=O)O)nc1NCCC1CCCCC1. The Morgan fingerprint density at radius 1 is 1.37 bits per heavy atom. The highest BCUT2D eigenvalue weighted by Gasteiger charge is 2.13. The molecule has 0 spiro atoms. The van der Waals surface area contributed by atoms with Crippen LogP contribution < -0.4 is 11.1 Å². The van der Waals surface area contributed by atoms with E-state index in [0.29, 0.717) is 11.5 Å². The van der Waals surface area contributed by atoms with Crippen LogP contribution in [0.3, 0.4) is 0 Å². The molecule has 0 unspecified atom stereocenters. The van der Waals surface area contributed by atoms with Gasteiger partial charge in [0, 0.05) is 6.54 Å². The number of nitrogens with two attached hydrogens (primary N) is 1. The zero-order valence-corrected chi connectivity index (χ0v) is 11.1. The lowest BCUT2D eigenvalue weighted by Crippen LogP contribution is -2.14. The zero-order valence-electron chi connectivity index (χ0n) is 11.1. The lowest BCUT2D eigenvalue weighted by Gasteiger charge is -2.21. The number of nitrogens with zero attached hydrogens (tertiary/aromatic N) is 1. The van der Waals surface area contributed by atoms with Crippen molar-refractivity contribution in [2.75, 3.05) is 17.6 Å². The molecule has 0 radical (unpaired) electrons. The summed E-state index contributed by atoms with van der Waals surface area (Å²) in [6, 6.07) is 3.00. The predicted molar refractivity (Wildman–Crippen MR) is 75.3 cm³/mol. The molecule has 1 aliphatic carbocycles. The van der Waals surface area contributed by atoms with Crippen LogP contribution in [0.4, 0.5) is 11.5 Å². The molecule has 1 heterocycles. The van der Waals surface area contributed by atoms with E-state index in [1.807, 2.05) is 0 Å². The number of hydrogen-bond donors (Lipinski definition) is 3. The van der Waals surface area contributed by atoms with E-state index in [0.717, 1.165) is 18.9 Å². The first kappa shape index (κ1) is 13.6. The highest BCUT2D eigenvalue weighted by atomic mass is 16.4. The lowest BCUT2D eigenvalue weighted by atomic mass is 9.87. The number of rotatable bonds is 5. The topological polar surface area (TPSA) is 88.2 Å². The number of aromatic nitrogens is 1. The second-order valence-electron chi connectivity index (χ2n) is 5.16. The first-order valence-corrected chi connectivity index (χ1v) is 6.90. The second kappa shape index (κ2) is 6.41. The normalized spacial score (nSPS) is 16.2. The minimum Gasteiger partial charge on any atom is -0.477 e. The molecule has 5 nitrogen and oxygen atoms in total. The molecule has 1 saturated carbocycles. The molecular weight excluding hydrogens is 242 g/mol. The zero-order chi connectivity index (χ0) is 13.7. The molecular formula is C14H21N3O2. The maximum absolute atomic E-state index is 10.9. The van der Waals surface area contributed by atoms with Crippen LogP contribution in [0.25, 0.3) is 0 Å². The van der Waals surface area contributed by atoms with Gasteiger partial charge in [0.15, 0.2) is 5.69 Å². The van der Waals surface area contributed by atoms with E-state index in [4.69, 9.17) is 10.8 Å². The fourth-order valence-electron chi connectivity index (χ4n) is 2.60. The van der Waals surface area contributed by atoms with Crippen molar-refractivity contribution >= 4 is 17.5 Å². The van der Waals surface area contributed by atoms with Crippen LogP contribution >= 0.6 is 0 Å². The van der Waals surface area contributed by atoms with E-state index in [1.54, 1.807) is 6.07 Å². The fourth-order valence-corrected chi connectivity index (χ4v) is 2.60. The van der Waals surface area contributed by atoms with Gasteiger partial charge in [0.1, 0.15) is 5.82 Å². The Morgan fingerprint density at radius 3 is 2.79 bits per heavy atom. The van der Waals surface area contributed by atoms with Crippen LogP contribution in [0.1, 0.15) is 49.0 Å². The van der Waals surface area contributed by atoms with Gasteiger partial charge in [-0.1, -0.05) is 32.1 Å². The summed E-state index contributed by atoms with van der Waals surface area (Å²) < 4.78 is 0. The minimum atomic E-state index is -1.03. The van der Waals surface area contributed by atoms with E-state index in [2.05, 4.69) is 10.3 Å². The summed E-state index contributed by atoms with van der Waals surface area (Å²) in [7, 11) is 0. The summed E-state index contributed by atoms with van der Waals surface area (Å²) in [5.41, 5.74) is 6.31. The van der Waals surface area contributed by atoms with Gasteiger partial charge in [0.05, 0.1) is 5.69 Å². The number of carboxylic acids is 1. The number of nitrogens with one attached hydrogen (secondary N) is 1. The third-order valence-corrected chi connectivity index (χ3v) is 3.72. The Kier molecular flexibility index (Phi) is 4.60. The molecule has 0 saturated heterocycles. The van der Waals surface area contributed by atoms with Crippen molar-refractivity contribution in [3.63, 3.8) is 0 Å². The van der Waals surface area contributed by atoms with Gasteiger partial charge in [0.25, 0.3) is 0 Å². The van der Waals surface area contributed by atoms with Crippen molar-refractivity contribution in [1.82, 2.24) is 4.98 Å². The Balaban J connectivity index is 1.87. The van der Waals surface area contributed by atoms with E-state index in [1.165, 1.54) is 38.2 Å². The van der Waals surface area contributed by atoms with Gasteiger partial charge in [-0.25, -0.2) is 9.78 Å². The van der Waals surface area contributed by atoms with Crippen LogP contribution in [-0.2, 0) is 0 Å². The minimum absolute atomic E-state index is 0.0226. The molecule has 104 valence electrons. The number of carbonyl (C=O) groups is 1. The molecule has 1 aromatic rings. The average molecular weight is 263 g/mol. The summed E-state index contributed by atoms with van der Waals surface area (Å²) in [4.78, 5) is 14.9. The van der Waals surface area contributed by atoms with Crippen LogP contribution in [0.2, 0.25) is 0 Å². The Hall–Kier alpha value is -1.78. The summed E-state index contributed by atoms with van der Waals surface area (Å²) in [5, 5.41) is 12.1. The number of pyridine rings is 1. The van der Waals surface area contributed by atoms with Crippen molar-refractivity contribution in [2.45, 2.75) is 38.5 Å². The highest BCUT2D eigenvalue weighted by Crippen LogP contribution is 2.26. The first-order chi connectivity index (χ1) is 9.16. The largest absolute Gasteiger partial charge is 0.477 e. The van der Waals surface area contributed by atoms with Gasteiger partial charge in [-0.2, -0.15) is 0 Å². The summed E-state index contributed by atoms with van der Waals surface area (Å²) in [6.45, 7) is 0.797. The number of anilines is 2. The van der Waals surface area contributed by atoms with Crippen molar-refractivity contribution in [1.29, 1.82) is 0 Å². The maximum atomic E-state index is 10.9. The monoisotopic (exact) mass is 263 g/mol. The molecule has 1 fully saturated rings. The van der Waals surface area contributed by atoms with Crippen molar-refractivity contribution < 1.29 is 9.90 Å². The van der Waals surface area contributed by atoms with Gasteiger partial charge >= 0.3 is 5.97 Å². The average Bonchev–Trinajstić information content (AvgIpc) is 2.42. The predicted octanol–water partition coefficient (Wildman–Crippen LogP) is 2.74. The van der Waals surface area contributed by atoms with Crippen molar-refractivity contribution in [3.05, 3.63) is 17.8 Å². The van der Waals surface area contributed by atoms with Gasteiger partial charge in [0.2, 0.25) is 0 Å². The number of hydrogen-bond acceptors (Lipinski definition) is 4. The molecule has 0 amide bonds. The van der Waals surface area contributed by atoms with Crippen LogP contribution in [0, 0.1) is 5.92 Å². The molecule has 0 aliphatic heterocycles. The molecule has 2 rings (SSSR count). The van der Waals surface area contributed by atoms with E-state index < -0.39 is 5.97 Å². The Morgan fingerprint density at radius 2 is 2.11 bits per heavy atom. The maximum Gasteiger partial charge on any atom is 0.354 e. The molecule has 5 heteroatoms. The quantitative estimate of drug-likeness (QED) is 0.760. The van der Waals surface area contributed by atoms with Gasteiger partial charge in [-0.15, -0.1) is 0 Å². The standard InChI is InChI=1S/C14H21N3O2/c15-11-6-7-12(14(18)19)17-13(11)16-9-8-10-4-2-1-3-5-10/h6-7,10H,1-5,8-9,15H2,(H,16,17)(H,18,19). The van der Waals surface area contributed by atoms with Crippen molar-refractivity contribution in [3.8, 4) is 0 Å². The van der Waals surface area contributed by atoms with Crippen LogP contribution in [-0.4, -0.2) is 22.6 Å². The third-order valence-electron chi connectivity index (χ3n) is 3.72. The molecule has 0 bridgehead atoms. The molecule has 1 aromatic heterocycles. The lowest BCUT2D eigenvalue weighted by molar-refractivity contribution is 0.0690. The Labute approximate surface area is 113 Å². The van der Waals surface area contributed by atoms with Gasteiger partial charge < -0.3 is 16.2 Å².